The molecule has 0 aliphatic carbocycles. The van der Waals surface area contributed by atoms with Gasteiger partial charge in [-0.3, -0.25) is 0 Å². The molecule has 0 unspecified atom stereocenters. The quantitative estimate of drug-likeness (QED) is 0.0505. The van der Waals surface area contributed by atoms with Crippen LogP contribution in [0, 0.1) is 0 Å². The van der Waals surface area contributed by atoms with Crippen LogP contribution in [0.5, 0.6) is 0 Å². The summed E-state index contributed by atoms with van der Waals surface area (Å²) in [4.78, 5) is 6.99. The van der Waals surface area contributed by atoms with E-state index in [2.05, 4.69) is 0 Å². The molecule has 0 atom stereocenters. The van der Waals surface area contributed by atoms with Crippen LogP contribution in [0.3, 0.4) is 0 Å². The van der Waals surface area contributed by atoms with Gasteiger partial charge in [0.1, 0.15) is 0 Å². The van der Waals surface area contributed by atoms with E-state index >= 15 is 0 Å². The highest BCUT2D eigenvalue weighted by molar-refractivity contribution is 5.82. The Balaban J connectivity index is 1.49. The summed E-state index contributed by atoms with van der Waals surface area (Å²) in [6.45, 7) is -0.751. The lowest BCUT2D eigenvalue weighted by Gasteiger charge is -2.29. The minimum absolute atomic E-state index is 0.0128. The molecule has 0 radical (unpaired) electrons. The topological polar surface area (TPSA) is 19.4 Å². The average Bonchev–Trinajstić information content (AvgIpc) is 3.26. The molecule has 0 amide bonds. The van der Waals surface area contributed by atoms with E-state index in [1.165, 1.54) is 48.5 Å². The van der Waals surface area contributed by atoms with E-state index in [9.17, 15) is 61.6 Å². The molecule has 0 spiro atoms. The van der Waals surface area contributed by atoms with E-state index in [0.29, 0.717) is 45.5 Å². The van der Waals surface area contributed by atoms with Crippen LogP contribution in [0.25, 0.3) is 0 Å². The first-order valence-electron chi connectivity index (χ1n) is 21.5. The van der Waals surface area contributed by atoms with E-state index in [1.54, 1.807) is 102 Å². The van der Waals surface area contributed by atoms with Gasteiger partial charge in [0.05, 0.1) is 24.5 Å². The van der Waals surface area contributed by atoms with E-state index in [1.807, 2.05) is 4.90 Å². The lowest BCUT2D eigenvalue weighted by molar-refractivity contribution is -0.136. The number of alkyl halides is 12. The molecule has 0 saturated heterocycles. The summed E-state index contributed by atoms with van der Waals surface area (Å²) in [5.74, 6) is 0. The van der Waals surface area contributed by atoms with Gasteiger partial charge in [0.2, 0.25) is 0 Å². The zero-order valence-corrected chi connectivity index (χ0v) is 37.0. The van der Waals surface area contributed by atoms with Gasteiger partial charge in [0.15, 0.2) is 0 Å². The predicted octanol–water partition coefficient (Wildman–Crippen LogP) is 16.3. The molecule has 5 aromatic carbocycles. The first-order valence-corrected chi connectivity index (χ1v) is 21.5. The van der Waals surface area contributed by atoms with Gasteiger partial charge in [-0.15, -0.1) is 0 Å². The number of benzene rings is 5. The Labute approximate surface area is 385 Å². The third kappa shape index (κ3) is 16.6. The summed E-state index contributed by atoms with van der Waals surface area (Å²) < 4.78 is 183. The maximum Gasteiger partial charge on any atom is 0.389 e. The fourth-order valence-corrected chi connectivity index (χ4v) is 7.27. The second-order valence-corrected chi connectivity index (χ2v) is 16.1. The highest BCUT2D eigenvalue weighted by Gasteiger charge is 2.29. The smallest absolute Gasteiger partial charge is 0.375 e. The molecule has 20 heteroatoms. The Morgan fingerprint density at radius 2 is 0.456 bits per heavy atom. The van der Waals surface area contributed by atoms with Gasteiger partial charge in [-0.25, -0.2) is 10.2 Å². The summed E-state index contributed by atoms with van der Waals surface area (Å²) in [5, 5.41) is 0.396. The Morgan fingerprint density at radius 3 is 0.662 bits per heavy atom. The molecule has 370 valence electrons. The lowest BCUT2D eigenvalue weighted by atomic mass is 10.1. The fraction of sp³-hybridized carbons (Fsp3) is 0.375. The third-order valence-electron chi connectivity index (χ3n) is 10.8. The Kier molecular flexibility index (Phi) is 17.7. The van der Waals surface area contributed by atoms with Crippen molar-refractivity contribution < 1.29 is 61.6 Å². The molecule has 0 aromatic heterocycles. The minimum atomic E-state index is -4.45. The molecule has 0 N–H and O–H groups in total. The molecular formula is C48H50F14N6. The average molecular weight is 977 g/mol. The fourth-order valence-electron chi connectivity index (χ4n) is 7.27. The van der Waals surface area contributed by atoms with Gasteiger partial charge >= 0.3 is 24.7 Å². The summed E-state index contributed by atoms with van der Waals surface area (Å²) in [7, 11) is 3.36. The van der Waals surface area contributed by atoms with E-state index in [-0.39, 0.29) is 47.5 Å². The summed E-state index contributed by atoms with van der Waals surface area (Å²) in [6.07, 6.45) is -22.9. The number of hydrogen-bond donors (Lipinski definition) is 0. The molecule has 6 nitrogen and oxygen atoms in total. The number of halogens is 14. The van der Waals surface area contributed by atoms with Gasteiger partial charge in [0.25, 0.3) is 0 Å². The number of nitrogens with zero attached hydrogens (tertiary/aromatic N) is 6. The maximum absolute atomic E-state index is 14.9. The number of anilines is 10. The van der Waals surface area contributed by atoms with Crippen LogP contribution >= 0.6 is 0 Å². The number of rotatable bonds is 22. The predicted molar refractivity (Wildman–Crippen MR) is 240 cm³/mol. The van der Waals surface area contributed by atoms with Gasteiger partial charge in [-0.2, -0.15) is 52.7 Å². The van der Waals surface area contributed by atoms with Crippen LogP contribution in [0.15, 0.2) is 121 Å². The summed E-state index contributed by atoms with van der Waals surface area (Å²) >= 11 is 0. The first kappa shape index (κ1) is 52.9. The second kappa shape index (κ2) is 22.8. The van der Waals surface area contributed by atoms with E-state index < -0.39 is 76.3 Å². The van der Waals surface area contributed by atoms with Crippen molar-refractivity contribution in [3.63, 3.8) is 0 Å². The molecule has 0 saturated carbocycles. The van der Waals surface area contributed by atoms with Crippen molar-refractivity contribution in [2.45, 2.75) is 76.1 Å². The normalized spacial score (nSPS) is 12.2. The van der Waals surface area contributed by atoms with Crippen LogP contribution < -0.4 is 29.8 Å². The van der Waals surface area contributed by atoms with Crippen molar-refractivity contribution in [1.82, 2.24) is 0 Å². The molecule has 5 rings (SSSR count). The zero-order valence-electron chi connectivity index (χ0n) is 37.0. The monoisotopic (exact) mass is 976 g/mol. The number of hydrogen-bond acceptors (Lipinski definition) is 6. The molecular weight excluding hydrogens is 927 g/mol. The Bertz CT molecular complexity index is 1960. The molecule has 0 fully saturated rings. The zero-order chi connectivity index (χ0) is 49.9. The highest BCUT2D eigenvalue weighted by Crippen LogP contribution is 2.41. The SMILES string of the molecule is CN(CCCC(F)(F)F)c1ccc(N(c2ccc(N(C)CCCC(F)(F)F)cc2)c2ccc(N(c3ccc(N(F)CCCC(F)(F)F)cc3)c3ccc(N(F)CCCC(F)(F)F)cc3)cc2)cc1. The van der Waals surface area contributed by atoms with Gasteiger partial charge in [-0.05, 0) is 147 Å². The molecule has 0 aliphatic rings. The van der Waals surface area contributed by atoms with Crippen molar-refractivity contribution in [1.29, 1.82) is 0 Å². The van der Waals surface area contributed by atoms with Gasteiger partial charge < -0.3 is 19.6 Å². The van der Waals surface area contributed by atoms with Crippen molar-refractivity contribution >= 4 is 56.9 Å². The van der Waals surface area contributed by atoms with Crippen LogP contribution in [-0.4, -0.2) is 65.0 Å². The minimum Gasteiger partial charge on any atom is -0.375 e. The van der Waals surface area contributed by atoms with Crippen LogP contribution in [0.1, 0.15) is 51.4 Å². The molecule has 0 heterocycles. The molecule has 0 aliphatic heterocycles. The highest BCUT2D eigenvalue weighted by atomic mass is 19.4. The lowest BCUT2D eigenvalue weighted by Crippen LogP contribution is -2.21. The van der Waals surface area contributed by atoms with E-state index in [4.69, 9.17) is 0 Å². The third-order valence-corrected chi connectivity index (χ3v) is 10.8. The largest absolute Gasteiger partial charge is 0.389 e. The first-order chi connectivity index (χ1) is 31.9. The van der Waals surface area contributed by atoms with Gasteiger partial charge in [-0.1, -0.05) is 8.96 Å². The summed E-state index contributed by atoms with van der Waals surface area (Å²) in [5.41, 5.74) is 4.58. The second-order valence-electron chi connectivity index (χ2n) is 16.1. The van der Waals surface area contributed by atoms with E-state index in [0.717, 1.165) is 0 Å². The molecule has 0 bridgehead atoms. The van der Waals surface area contributed by atoms with Crippen molar-refractivity contribution in [3.05, 3.63) is 121 Å². The van der Waals surface area contributed by atoms with Crippen LogP contribution in [0.4, 0.5) is 119 Å². The van der Waals surface area contributed by atoms with Crippen molar-refractivity contribution in [2.75, 3.05) is 70.1 Å². The van der Waals surface area contributed by atoms with Gasteiger partial charge in [0, 0.05) is 98.4 Å². The van der Waals surface area contributed by atoms with Crippen LogP contribution in [-0.2, 0) is 0 Å². The standard InChI is InChI=1S/C48H50F14N6/c1-63(31-3-27-45(49,50)51)35-7-15-39(16-8-35)67(40-17-9-36(10-18-40)64(2)32-4-28-46(52,53)54)43-23-25-44(26-24-43)68(41-19-11-37(12-20-41)65(61)33-5-29-47(55,56)57)42-21-13-38(14-22-42)66(62)34-6-30-48(58,59)60/h7-26H,3-6,27-34H2,1-2H3. The Morgan fingerprint density at radius 1 is 0.279 bits per heavy atom. The van der Waals surface area contributed by atoms with Crippen LogP contribution in [0.2, 0.25) is 0 Å². The molecule has 5 aromatic rings. The summed E-state index contributed by atoms with van der Waals surface area (Å²) in [6, 6.07) is 32.8. The molecule has 68 heavy (non-hydrogen) atoms. The van der Waals surface area contributed by atoms with Crippen molar-refractivity contribution in [3.8, 4) is 0 Å². The van der Waals surface area contributed by atoms with Crippen molar-refractivity contribution in [2.24, 2.45) is 0 Å². The Hall–Kier alpha value is -6.08. The maximum atomic E-state index is 14.9.